The molecule has 1 saturated heterocycles. The molecule has 0 aromatic rings. The van der Waals surface area contributed by atoms with E-state index in [2.05, 4.69) is 5.92 Å². The highest BCUT2D eigenvalue weighted by atomic mass is 16.2. The molecule has 0 unspecified atom stereocenters. The van der Waals surface area contributed by atoms with Crippen molar-refractivity contribution < 1.29 is 9.59 Å². The van der Waals surface area contributed by atoms with E-state index < -0.39 is 0 Å². The Morgan fingerprint density at radius 3 is 2.17 bits per heavy atom. The number of carbonyl (C=O) groups excluding carboxylic acids is 2. The van der Waals surface area contributed by atoms with Gasteiger partial charge in [-0.15, -0.1) is 6.42 Å². The molecule has 2 fully saturated rings. The quantitative estimate of drug-likeness (QED) is 0.403. The molecule has 1 heterocycles. The Labute approximate surface area is 70.7 Å². The molecule has 1 aliphatic heterocycles. The zero-order valence-corrected chi connectivity index (χ0v) is 6.62. The third-order valence-electron chi connectivity index (χ3n) is 2.69. The Hall–Kier alpha value is -1.30. The fraction of sp³-hybridized carbons (Fsp3) is 0.556. The number of hydrogen-bond acceptors (Lipinski definition) is 2. The summed E-state index contributed by atoms with van der Waals surface area (Å²) in [6, 6.07) is 0. The average molecular weight is 163 g/mol. The summed E-state index contributed by atoms with van der Waals surface area (Å²) in [6.45, 7) is 0.144. The fourth-order valence-corrected chi connectivity index (χ4v) is 1.85. The van der Waals surface area contributed by atoms with E-state index in [1.54, 1.807) is 0 Å². The minimum absolute atomic E-state index is 0.0363. The first-order valence-corrected chi connectivity index (χ1v) is 4.04. The van der Waals surface area contributed by atoms with Crippen molar-refractivity contribution in [1.29, 1.82) is 0 Å². The molecule has 0 aromatic carbocycles. The molecule has 0 radical (unpaired) electrons. The van der Waals surface area contributed by atoms with E-state index in [0.717, 1.165) is 12.8 Å². The molecule has 1 saturated carbocycles. The Kier molecular flexibility index (Phi) is 1.44. The number of carbonyl (C=O) groups is 2. The van der Waals surface area contributed by atoms with Gasteiger partial charge in [-0.25, -0.2) is 0 Å². The molecular weight excluding hydrogens is 154 g/mol. The van der Waals surface area contributed by atoms with Gasteiger partial charge >= 0.3 is 0 Å². The van der Waals surface area contributed by atoms with Crippen LogP contribution in [0.15, 0.2) is 0 Å². The van der Waals surface area contributed by atoms with Crippen LogP contribution in [0.5, 0.6) is 0 Å². The number of nitrogens with zero attached hydrogens (tertiary/aromatic N) is 1. The number of rotatable bonds is 1. The number of imide groups is 1. The zero-order chi connectivity index (χ0) is 8.72. The maximum absolute atomic E-state index is 11.4. The second-order valence-corrected chi connectivity index (χ2v) is 3.26. The van der Waals surface area contributed by atoms with Gasteiger partial charge in [-0.1, -0.05) is 5.92 Å². The lowest BCUT2D eigenvalue weighted by molar-refractivity contribution is -0.138. The van der Waals surface area contributed by atoms with Crippen LogP contribution in [0.3, 0.4) is 0 Å². The zero-order valence-electron chi connectivity index (χ0n) is 6.62. The molecule has 0 N–H and O–H groups in total. The molecule has 0 spiro atoms. The molecule has 2 aliphatic rings. The third kappa shape index (κ3) is 0.724. The van der Waals surface area contributed by atoms with Gasteiger partial charge in [-0.05, 0) is 12.8 Å². The lowest BCUT2D eigenvalue weighted by Crippen LogP contribution is -2.30. The second-order valence-electron chi connectivity index (χ2n) is 3.26. The molecule has 2 amide bonds. The summed E-state index contributed by atoms with van der Waals surface area (Å²) in [6.07, 6.45) is 6.76. The minimum Gasteiger partial charge on any atom is -0.274 e. The van der Waals surface area contributed by atoms with E-state index in [0.29, 0.717) is 0 Å². The summed E-state index contributed by atoms with van der Waals surface area (Å²) in [5, 5.41) is 0. The Bertz CT molecular complexity index is 267. The first-order valence-electron chi connectivity index (χ1n) is 4.04. The molecule has 2 rings (SSSR count). The summed E-state index contributed by atoms with van der Waals surface area (Å²) < 4.78 is 0. The van der Waals surface area contributed by atoms with E-state index in [-0.39, 0.29) is 30.2 Å². The van der Waals surface area contributed by atoms with Gasteiger partial charge in [-0.3, -0.25) is 14.5 Å². The summed E-state index contributed by atoms with van der Waals surface area (Å²) in [4.78, 5) is 24.0. The van der Waals surface area contributed by atoms with Crippen LogP contribution in [0, 0.1) is 24.2 Å². The molecular formula is C9H9NO2. The SMILES string of the molecule is C#CCN1C(=O)[C@H]2CC[C@H]2C1=O. The van der Waals surface area contributed by atoms with Crippen LogP contribution in [0.25, 0.3) is 0 Å². The van der Waals surface area contributed by atoms with E-state index in [1.165, 1.54) is 4.90 Å². The molecule has 3 heteroatoms. The van der Waals surface area contributed by atoms with Gasteiger partial charge < -0.3 is 0 Å². The van der Waals surface area contributed by atoms with Crippen LogP contribution in [0.4, 0.5) is 0 Å². The highest BCUT2D eigenvalue weighted by molar-refractivity contribution is 6.06. The van der Waals surface area contributed by atoms with Crippen molar-refractivity contribution >= 4 is 11.8 Å². The standard InChI is InChI=1S/C9H9NO2/c1-2-5-10-8(11)6-3-4-7(6)9(10)12/h1,6-7H,3-5H2/t6-,7+. The van der Waals surface area contributed by atoms with Crippen molar-refractivity contribution in [2.75, 3.05) is 6.54 Å². The highest BCUT2D eigenvalue weighted by Crippen LogP contribution is 2.42. The van der Waals surface area contributed by atoms with Crippen molar-refractivity contribution in [1.82, 2.24) is 4.90 Å². The number of terminal acetylenes is 1. The van der Waals surface area contributed by atoms with Gasteiger partial charge in [0.2, 0.25) is 11.8 Å². The summed E-state index contributed by atoms with van der Waals surface area (Å²) in [7, 11) is 0. The normalized spacial score (nSPS) is 32.8. The van der Waals surface area contributed by atoms with Gasteiger partial charge in [0.15, 0.2) is 0 Å². The van der Waals surface area contributed by atoms with E-state index in [4.69, 9.17) is 6.42 Å². The minimum atomic E-state index is -0.0609. The van der Waals surface area contributed by atoms with Crippen LogP contribution in [0.1, 0.15) is 12.8 Å². The van der Waals surface area contributed by atoms with Crippen LogP contribution in [-0.2, 0) is 9.59 Å². The van der Waals surface area contributed by atoms with Crippen molar-refractivity contribution in [3.63, 3.8) is 0 Å². The molecule has 0 aromatic heterocycles. The van der Waals surface area contributed by atoms with Gasteiger partial charge in [-0.2, -0.15) is 0 Å². The van der Waals surface area contributed by atoms with Gasteiger partial charge in [0, 0.05) is 0 Å². The van der Waals surface area contributed by atoms with Crippen LogP contribution < -0.4 is 0 Å². The maximum atomic E-state index is 11.4. The van der Waals surface area contributed by atoms with Crippen molar-refractivity contribution in [2.24, 2.45) is 11.8 Å². The monoisotopic (exact) mass is 163 g/mol. The smallest absolute Gasteiger partial charge is 0.233 e. The predicted octanol–water partition coefficient (Wildman–Crippen LogP) is 0.0146. The van der Waals surface area contributed by atoms with Crippen LogP contribution in [0.2, 0.25) is 0 Å². The molecule has 3 nitrogen and oxygen atoms in total. The van der Waals surface area contributed by atoms with Crippen LogP contribution >= 0.6 is 0 Å². The van der Waals surface area contributed by atoms with Gasteiger partial charge in [0.25, 0.3) is 0 Å². The number of fused-ring (bicyclic) bond motifs is 1. The first-order chi connectivity index (χ1) is 5.75. The van der Waals surface area contributed by atoms with E-state index in [9.17, 15) is 9.59 Å². The molecule has 2 atom stereocenters. The van der Waals surface area contributed by atoms with Gasteiger partial charge in [0.05, 0.1) is 18.4 Å². The third-order valence-corrected chi connectivity index (χ3v) is 2.69. The molecule has 1 aliphatic carbocycles. The van der Waals surface area contributed by atoms with E-state index >= 15 is 0 Å². The lowest BCUT2D eigenvalue weighted by Gasteiger charge is -2.24. The highest BCUT2D eigenvalue weighted by Gasteiger charge is 2.52. The Morgan fingerprint density at radius 1 is 1.33 bits per heavy atom. The number of likely N-dealkylation sites (tertiary alicyclic amines) is 1. The largest absolute Gasteiger partial charge is 0.274 e. The van der Waals surface area contributed by atoms with Crippen LogP contribution in [-0.4, -0.2) is 23.3 Å². The second kappa shape index (κ2) is 2.34. The first kappa shape index (κ1) is 7.35. The fourth-order valence-electron chi connectivity index (χ4n) is 1.85. The topological polar surface area (TPSA) is 37.4 Å². The lowest BCUT2D eigenvalue weighted by atomic mass is 9.76. The van der Waals surface area contributed by atoms with Crippen molar-refractivity contribution in [3.05, 3.63) is 0 Å². The van der Waals surface area contributed by atoms with Crippen molar-refractivity contribution in [3.8, 4) is 12.3 Å². The van der Waals surface area contributed by atoms with Gasteiger partial charge in [0.1, 0.15) is 0 Å². The summed E-state index contributed by atoms with van der Waals surface area (Å²) in [5.41, 5.74) is 0. The molecule has 12 heavy (non-hydrogen) atoms. The average Bonchev–Trinajstić information content (AvgIpc) is 2.09. The number of hydrogen-bond donors (Lipinski definition) is 0. The van der Waals surface area contributed by atoms with Crippen molar-refractivity contribution in [2.45, 2.75) is 12.8 Å². The summed E-state index contributed by atoms with van der Waals surface area (Å²) >= 11 is 0. The molecule has 0 bridgehead atoms. The Balaban J connectivity index is 2.20. The number of amides is 2. The van der Waals surface area contributed by atoms with E-state index in [1.807, 2.05) is 0 Å². The maximum Gasteiger partial charge on any atom is 0.233 e. The summed E-state index contributed by atoms with van der Waals surface area (Å²) in [5.74, 6) is 2.13. The Morgan fingerprint density at radius 2 is 1.83 bits per heavy atom. The predicted molar refractivity (Wildman–Crippen MR) is 41.8 cm³/mol. The molecule has 62 valence electrons.